The number of furan rings is 1. The van der Waals surface area contributed by atoms with Crippen LogP contribution in [-0.4, -0.2) is 20.7 Å². The second-order valence-corrected chi connectivity index (χ2v) is 20.5. The first-order chi connectivity index (χ1) is 38.5. The van der Waals surface area contributed by atoms with E-state index in [1.807, 2.05) is 48.5 Å². The molecule has 13 aromatic rings. The van der Waals surface area contributed by atoms with Crippen LogP contribution in [0, 0.1) is 0 Å². The summed E-state index contributed by atoms with van der Waals surface area (Å²) >= 11 is 0. The minimum absolute atomic E-state index is 0.627. The van der Waals surface area contributed by atoms with E-state index in [9.17, 15) is 0 Å². The molecule has 78 heavy (non-hydrogen) atoms. The van der Waals surface area contributed by atoms with Gasteiger partial charge < -0.3 is 4.42 Å². The van der Waals surface area contributed by atoms with Crippen molar-refractivity contribution in [1.82, 2.24) is 15.0 Å². The molecule has 15 rings (SSSR count). The van der Waals surface area contributed by atoms with Crippen LogP contribution < -0.4 is 0 Å². The Morgan fingerprint density at radius 2 is 0.859 bits per heavy atom. The fraction of sp³-hybridized carbons (Fsp3) is 0.0411. The second-order valence-electron chi connectivity index (χ2n) is 20.5. The molecule has 0 aliphatic heterocycles. The Bertz CT molecular complexity index is 4470. The van der Waals surface area contributed by atoms with Gasteiger partial charge in [0.2, 0.25) is 0 Å². The minimum Gasteiger partial charge on any atom is -0.456 e. The molecular formula is C73H48N4O. The van der Waals surface area contributed by atoms with Crippen molar-refractivity contribution in [3.05, 3.63) is 300 Å². The van der Waals surface area contributed by atoms with Gasteiger partial charge in [-0.25, -0.2) is 15.0 Å². The van der Waals surface area contributed by atoms with Crippen molar-refractivity contribution in [3.63, 3.8) is 0 Å². The molecule has 2 heterocycles. The highest BCUT2D eigenvalue weighted by Gasteiger charge is 2.52. The van der Waals surface area contributed by atoms with Crippen molar-refractivity contribution in [1.29, 1.82) is 0 Å². The van der Waals surface area contributed by atoms with Crippen LogP contribution in [0.1, 0.15) is 45.9 Å². The fourth-order valence-corrected chi connectivity index (χ4v) is 12.3. The summed E-state index contributed by atoms with van der Waals surface area (Å²) in [4.78, 5) is 20.9. The largest absolute Gasteiger partial charge is 0.456 e. The zero-order valence-electron chi connectivity index (χ0n) is 42.7. The average Bonchev–Trinajstić information content (AvgIpc) is 3.05. The minimum atomic E-state index is -0.644. The van der Waals surface area contributed by atoms with E-state index in [0.29, 0.717) is 17.5 Å². The van der Waals surface area contributed by atoms with E-state index < -0.39 is 5.41 Å². The van der Waals surface area contributed by atoms with Crippen molar-refractivity contribution in [3.8, 4) is 78.7 Å². The van der Waals surface area contributed by atoms with Crippen molar-refractivity contribution in [2.24, 2.45) is 4.99 Å². The number of aliphatic imine (C=N–C) groups is 1. The molecule has 0 fully saturated rings. The number of para-hydroxylation sites is 2. The molecule has 0 saturated heterocycles. The van der Waals surface area contributed by atoms with Gasteiger partial charge in [-0.2, -0.15) is 0 Å². The van der Waals surface area contributed by atoms with Crippen molar-refractivity contribution in [2.45, 2.75) is 18.8 Å². The first-order valence-corrected chi connectivity index (χ1v) is 26.6. The Morgan fingerprint density at radius 1 is 0.372 bits per heavy atom. The summed E-state index contributed by atoms with van der Waals surface area (Å²) in [5.74, 6) is 1.90. The molecule has 1 unspecified atom stereocenters. The number of rotatable bonds is 9. The van der Waals surface area contributed by atoms with Crippen molar-refractivity contribution in [2.75, 3.05) is 0 Å². The molecule has 0 amide bonds. The van der Waals surface area contributed by atoms with E-state index >= 15 is 0 Å². The average molecular weight is 997 g/mol. The maximum atomic E-state index is 6.33. The maximum Gasteiger partial charge on any atom is 0.164 e. The lowest BCUT2D eigenvalue weighted by atomic mass is 9.70. The van der Waals surface area contributed by atoms with Crippen LogP contribution in [0.25, 0.3) is 101 Å². The highest BCUT2D eigenvalue weighted by Crippen LogP contribution is 2.63. The molecule has 0 bridgehead atoms. The summed E-state index contributed by atoms with van der Waals surface area (Å²) < 4.78 is 6.33. The predicted molar refractivity (Wildman–Crippen MR) is 318 cm³/mol. The number of hydrogen-bond donors (Lipinski definition) is 0. The van der Waals surface area contributed by atoms with Gasteiger partial charge >= 0.3 is 0 Å². The quantitative estimate of drug-likeness (QED) is 0.135. The van der Waals surface area contributed by atoms with Gasteiger partial charge in [-0.3, -0.25) is 4.99 Å². The number of benzene rings is 11. The van der Waals surface area contributed by atoms with Gasteiger partial charge in [-0.15, -0.1) is 0 Å². The Morgan fingerprint density at radius 3 is 1.53 bits per heavy atom. The van der Waals surface area contributed by atoms with E-state index in [0.717, 1.165) is 84.3 Å². The first kappa shape index (κ1) is 45.3. The second kappa shape index (κ2) is 18.3. The van der Waals surface area contributed by atoms with Crippen molar-refractivity contribution >= 4 is 33.3 Å². The Balaban J connectivity index is 0.925. The van der Waals surface area contributed by atoms with Gasteiger partial charge in [-0.05, 0) is 151 Å². The standard InChI is InChI=1S/C73H48N4O/c1-46(74-67-31-17-11-25-52(67)39-47-19-5-2-6-20-47)54-40-55(50-35-38-69-62(43-50)61-28-14-18-32-68(61)78-69)42-56(41-54)51-33-36-59-57-26-12-15-29-63(57)73(65(59)44-51)64-30-16-13-27-58(64)60-37-34-53(45-66(60)73)72-76-70(48-21-7-3-8-22-48)75-71(77-72)49-23-9-4-10-24-49/h2-38,40-45H,39H2,1H3/b74-46+. The van der Waals surface area contributed by atoms with E-state index in [2.05, 4.69) is 219 Å². The summed E-state index contributed by atoms with van der Waals surface area (Å²) in [6.45, 7) is 2.14. The lowest BCUT2D eigenvalue weighted by Gasteiger charge is -2.31. The Kier molecular flexibility index (Phi) is 10.6. The van der Waals surface area contributed by atoms with Gasteiger partial charge in [0.25, 0.3) is 0 Å². The van der Waals surface area contributed by atoms with Crippen LogP contribution in [0.3, 0.4) is 0 Å². The van der Waals surface area contributed by atoms with Crippen LogP contribution in [0.15, 0.2) is 270 Å². The highest BCUT2D eigenvalue weighted by atomic mass is 16.3. The zero-order chi connectivity index (χ0) is 51.7. The van der Waals surface area contributed by atoms with E-state index in [4.69, 9.17) is 24.4 Å². The molecule has 0 radical (unpaired) electrons. The van der Waals surface area contributed by atoms with E-state index in [1.165, 1.54) is 55.6 Å². The van der Waals surface area contributed by atoms with Crippen LogP contribution in [0.5, 0.6) is 0 Å². The van der Waals surface area contributed by atoms with E-state index in [-0.39, 0.29) is 0 Å². The van der Waals surface area contributed by atoms with Gasteiger partial charge in [-0.1, -0.05) is 206 Å². The number of hydrogen-bond acceptors (Lipinski definition) is 5. The van der Waals surface area contributed by atoms with Crippen LogP contribution >= 0.6 is 0 Å². The summed E-state index contributed by atoms with van der Waals surface area (Å²) in [7, 11) is 0. The highest BCUT2D eigenvalue weighted by molar-refractivity contribution is 6.07. The molecular weight excluding hydrogens is 949 g/mol. The van der Waals surface area contributed by atoms with Crippen molar-refractivity contribution < 1.29 is 4.42 Å². The molecule has 0 N–H and O–H groups in total. The third kappa shape index (κ3) is 7.46. The summed E-state index contributed by atoms with van der Waals surface area (Å²) in [5.41, 5.74) is 23.6. The molecule has 2 aliphatic carbocycles. The predicted octanol–water partition coefficient (Wildman–Crippen LogP) is 18.2. The Labute approximate surface area is 452 Å². The summed E-state index contributed by atoms with van der Waals surface area (Å²) in [6.07, 6.45) is 0.795. The molecule has 11 aromatic carbocycles. The van der Waals surface area contributed by atoms with Gasteiger partial charge in [0.05, 0.1) is 11.1 Å². The summed E-state index contributed by atoms with van der Waals surface area (Å²) in [6, 6.07) is 93.3. The fourth-order valence-electron chi connectivity index (χ4n) is 12.3. The molecule has 0 saturated carbocycles. The monoisotopic (exact) mass is 996 g/mol. The molecule has 1 atom stereocenters. The first-order valence-electron chi connectivity index (χ1n) is 26.6. The molecule has 366 valence electrons. The lowest BCUT2D eigenvalue weighted by molar-refractivity contribution is 0.669. The van der Waals surface area contributed by atoms with Gasteiger partial charge in [0.1, 0.15) is 11.2 Å². The normalized spacial score (nSPS) is 14.1. The SMILES string of the molecule is C/C(=N\c1ccccc1Cc1ccccc1)c1cc(-c2ccc3c(c2)C2(c4ccccc4-3)c3ccccc3-c3ccc(-c4nc(-c5ccccc5)nc(-c5ccccc5)n4)cc32)cc(-c2ccc3oc4ccccc4c3c2)c1. The third-order valence-corrected chi connectivity index (χ3v) is 16.0. The van der Waals surface area contributed by atoms with Gasteiger partial charge in [0, 0.05) is 33.2 Å². The molecule has 2 aromatic heterocycles. The smallest absolute Gasteiger partial charge is 0.164 e. The zero-order valence-corrected chi connectivity index (χ0v) is 42.7. The van der Waals surface area contributed by atoms with Crippen LogP contribution in [-0.2, 0) is 11.8 Å². The lowest BCUT2D eigenvalue weighted by Crippen LogP contribution is -2.26. The van der Waals surface area contributed by atoms with Gasteiger partial charge in [0.15, 0.2) is 17.5 Å². The number of fused-ring (bicyclic) bond motifs is 13. The maximum absolute atomic E-state index is 6.33. The van der Waals surface area contributed by atoms with E-state index in [1.54, 1.807) is 0 Å². The molecule has 1 spiro atoms. The topological polar surface area (TPSA) is 64.2 Å². The molecule has 5 heteroatoms. The third-order valence-electron chi connectivity index (χ3n) is 16.0. The summed E-state index contributed by atoms with van der Waals surface area (Å²) in [5, 5.41) is 2.20. The molecule has 5 nitrogen and oxygen atoms in total. The van der Waals surface area contributed by atoms with Crippen LogP contribution in [0.2, 0.25) is 0 Å². The number of aromatic nitrogens is 3. The van der Waals surface area contributed by atoms with Crippen LogP contribution in [0.4, 0.5) is 5.69 Å². The molecule has 2 aliphatic rings. The number of nitrogens with zero attached hydrogens (tertiary/aromatic N) is 4. The Hall–Kier alpha value is -10.1.